The van der Waals surface area contributed by atoms with E-state index in [2.05, 4.69) is 9.84 Å². The Kier molecular flexibility index (Phi) is 3.46. The van der Waals surface area contributed by atoms with Gasteiger partial charge in [0.05, 0.1) is 5.69 Å². The van der Waals surface area contributed by atoms with Gasteiger partial charge in [-0.1, -0.05) is 0 Å². The molecule has 0 saturated carbocycles. The zero-order chi connectivity index (χ0) is 12.5. The molecule has 0 aromatic carbocycles. The number of hydrogen-bond acceptors (Lipinski definition) is 2. The van der Waals surface area contributed by atoms with Crippen LogP contribution < -0.4 is 0 Å². The molecule has 1 aromatic heterocycles. The van der Waals surface area contributed by atoms with Gasteiger partial charge in [-0.25, -0.2) is 13.2 Å². The van der Waals surface area contributed by atoms with Crippen LogP contribution in [-0.2, 0) is 11.8 Å². The van der Waals surface area contributed by atoms with E-state index in [1.54, 1.807) is 0 Å². The van der Waals surface area contributed by atoms with Crippen molar-refractivity contribution in [2.45, 2.75) is 19.1 Å². The number of rotatable bonds is 3. The second-order valence-corrected chi connectivity index (χ2v) is 2.80. The Hall–Kier alpha value is -1.25. The van der Waals surface area contributed by atoms with E-state index in [4.69, 9.17) is 0 Å². The molecule has 0 spiro atoms. The molecule has 0 aliphatic heterocycles. The van der Waals surface area contributed by atoms with Gasteiger partial charge in [-0.15, -0.1) is 13.2 Å². The minimum Gasteiger partial charge on any atom is -0.267 e. The first-order valence-electron chi connectivity index (χ1n) is 3.91. The van der Waals surface area contributed by atoms with Crippen LogP contribution >= 0.6 is 0 Å². The van der Waals surface area contributed by atoms with Crippen LogP contribution in [-0.4, -0.2) is 16.1 Å². The van der Waals surface area contributed by atoms with E-state index in [1.807, 2.05) is 0 Å². The molecular weight excluding hydrogens is 242 g/mol. The third kappa shape index (κ3) is 3.12. The molecule has 3 nitrogen and oxygen atoms in total. The molecule has 0 amide bonds. The van der Waals surface area contributed by atoms with E-state index in [-0.39, 0.29) is 0 Å². The second-order valence-electron chi connectivity index (χ2n) is 2.80. The molecule has 1 atom stereocenters. The average Bonchev–Trinajstić information content (AvgIpc) is 2.44. The molecule has 0 aliphatic carbocycles. The highest BCUT2D eigenvalue weighted by Crippen LogP contribution is 2.30. The van der Waals surface area contributed by atoms with Gasteiger partial charge in [-0.3, -0.25) is 9.42 Å². The van der Waals surface area contributed by atoms with E-state index >= 15 is 0 Å². The molecule has 92 valence electrons. The Labute approximate surface area is 85.6 Å². The lowest BCUT2D eigenvalue weighted by Crippen LogP contribution is -2.17. The highest BCUT2D eigenvalue weighted by molar-refractivity contribution is 5.12. The van der Waals surface area contributed by atoms with Crippen molar-refractivity contribution in [3.05, 3.63) is 17.5 Å². The van der Waals surface area contributed by atoms with Gasteiger partial charge in [-0.05, 0) is 6.07 Å². The summed E-state index contributed by atoms with van der Waals surface area (Å²) in [4.78, 5) is 0. The van der Waals surface area contributed by atoms with Crippen molar-refractivity contribution in [1.29, 1.82) is 0 Å². The van der Waals surface area contributed by atoms with Crippen LogP contribution in [0.25, 0.3) is 0 Å². The Morgan fingerprint density at radius 3 is 2.25 bits per heavy atom. The molecule has 0 fully saturated rings. The Morgan fingerprint density at radius 2 is 1.88 bits per heavy atom. The van der Waals surface area contributed by atoms with Crippen molar-refractivity contribution in [3.63, 3.8) is 0 Å². The maximum Gasteiger partial charge on any atom is 0.525 e. The van der Waals surface area contributed by atoms with Crippen LogP contribution in [0.15, 0.2) is 6.07 Å². The third-order valence-corrected chi connectivity index (χ3v) is 1.63. The van der Waals surface area contributed by atoms with Crippen LogP contribution in [0.2, 0.25) is 0 Å². The van der Waals surface area contributed by atoms with Crippen LogP contribution in [0, 0.1) is 0 Å². The summed E-state index contributed by atoms with van der Waals surface area (Å²) in [6.45, 7) is 0. The minimum absolute atomic E-state index is 0.515. The zero-order valence-electron chi connectivity index (χ0n) is 7.80. The summed E-state index contributed by atoms with van der Waals surface area (Å²) >= 11 is 0. The number of ether oxygens (including phenoxy) is 1. The number of hydrogen-bond donors (Lipinski definition) is 0. The standard InChI is InChI=1S/C7H6F6N2O/c1-15-4(2-3(14-15)5(8)9)6(10)16-7(11,12)13/h2,5-6H,1H3. The summed E-state index contributed by atoms with van der Waals surface area (Å²) in [5.74, 6) is 0. The fourth-order valence-electron chi connectivity index (χ4n) is 1.00. The van der Waals surface area contributed by atoms with Crippen LogP contribution in [0.5, 0.6) is 0 Å². The Bertz CT molecular complexity index is 360. The summed E-state index contributed by atoms with van der Waals surface area (Å²) in [6.07, 6.45) is -11.1. The first kappa shape index (κ1) is 12.8. The van der Waals surface area contributed by atoms with E-state index in [9.17, 15) is 26.3 Å². The van der Waals surface area contributed by atoms with Gasteiger partial charge in [0.25, 0.3) is 6.43 Å². The number of nitrogens with zero attached hydrogens (tertiary/aromatic N) is 2. The SMILES string of the molecule is Cn1nc(C(F)F)cc1C(F)OC(F)(F)F. The molecule has 0 N–H and O–H groups in total. The quantitative estimate of drug-likeness (QED) is 0.769. The maximum atomic E-state index is 12.9. The van der Waals surface area contributed by atoms with Crippen molar-refractivity contribution in [2.24, 2.45) is 7.05 Å². The van der Waals surface area contributed by atoms with Crippen LogP contribution in [0.4, 0.5) is 26.3 Å². The zero-order valence-corrected chi connectivity index (χ0v) is 7.80. The lowest BCUT2D eigenvalue weighted by molar-refractivity contribution is -0.363. The summed E-state index contributed by atoms with van der Waals surface area (Å²) in [5, 5.41) is 3.14. The van der Waals surface area contributed by atoms with Gasteiger partial charge in [0.2, 0.25) is 6.36 Å². The lowest BCUT2D eigenvalue weighted by Gasteiger charge is -2.11. The highest BCUT2D eigenvalue weighted by atomic mass is 19.4. The van der Waals surface area contributed by atoms with Gasteiger partial charge >= 0.3 is 6.36 Å². The van der Waals surface area contributed by atoms with E-state index in [0.717, 1.165) is 7.05 Å². The number of aromatic nitrogens is 2. The number of halogens is 6. The molecule has 1 heterocycles. The van der Waals surface area contributed by atoms with E-state index in [1.165, 1.54) is 0 Å². The third-order valence-electron chi connectivity index (χ3n) is 1.63. The molecular formula is C7H6F6N2O. The van der Waals surface area contributed by atoms with Crippen molar-refractivity contribution < 1.29 is 31.1 Å². The lowest BCUT2D eigenvalue weighted by atomic mass is 10.3. The molecule has 1 rings (SSSR count). The number of alkyl halides is 6. The summed E-state index contributed by atoms with van der Waals surface area (Å²) in [6, 6.07) is 0.515. The van der Waals surface area contributed by atoms with Gasteiger partial charge in [-0.2, -0.15) is 5.10 Å². The molecule has 0 saturated heterocycles. The largest absolute Gasteiger partial charge is 0.525 e. The van der Waals surface area contributed by atoms with Crippen molar-refractivity contribution in [1.82, 2.24) is 9.78 Å². The smallest absolute Gasteiger partial charge is 0.267 e. The van der Waals surface area contributed by atoms with Crippen molar-refractivity contribution >= 4 is 0 Å². The van der Waals surface area contributed by atoms with Crippen LogP contribution in [0.3, 0.4) is 0 Å². The van der Waals surface area contributed by atoms with Gasteiger partial charge < -0.3 is 0 Å². The average molecular weight is 248 g/mol. The van der Waals surface area contributed by atoms with Gasteiger partial charge in [0, 0.05) is 7.05 Å². The van der Waals surface area contributed by atoms with Crippen molar-refractivity contribution in [2.75, 3.05) is 0 Å². The molecule has 0 radical (unpaired) electrons. The van der Waals surface area contributed by atoms with Crippen LogP contribution in [0.1, 0.15) is 24.2 Å². The van der Waals surface area contributed by atoms with Gasteiger partial charge in [0.1, 0.15) is 5.69 Å². The summed E-state index contributed by atoms with van der Waals surface area (Å²) < 4.78 is 75.7. The van der Waals surface area contributed by atoms with E-state index < -0.39 is 30.5 Å². The molecule has 1 unspecified atom stereocenters. The van der Waals surface area contributed by atoms with Crippen molar-refractivity contribution in [3.8, 4) is 0 Å². The highest BCUT2D eigenvalue weighted by Gasteiger charge is 2.36. The molecule has 0 aliphatic rings. The predicted octanol–water partition coefficient (Wildman–Crippen LogP) is 2.86. The molecule has 16 heavy (non-hydrogen) atoms. The number of aryl methyl sites for hydroxylation is 1. The molecule has 0 bridgehead atoms. The molecule has 1 aromatic rings. The van der Waals surface area contributed by atoms with E-state index in [0.29, 0.717) is 10.7 Å². The Morgan fingerprint density at radius 1 is 1.31 bits per heavy atom. The Balaban J connectivity index is 2.87. The monoisotopic (exact) mass is 248 g/mol. The first-order valence-corrected chi connectivity index (χ1v) is 3.91. The predicted molar refractivity (Wildman–Crippen MR) is 39.2 cm³/mol. The first-order chi connectivity index (χ1) is 7.20. The fourth-order valence-corrected chi connectivity index (χ4v) is 1.00. The second kappa shape index (κ2) is 4.32. The fraction of sp³-hybridized carbons (Fsp3) is 0.571. The normalized spacial score (nSPS) is 14.5. The topological polar surface area (TPSA) is 27.1 Å². The summed E-state index contributed by atoms with van der Waals surface area (Å²) in [5.41, 5.74) is -1.54. The van der Waals surface area contributed by atoms with Gasteiger partial charge in [0.15, 0.2) is 0 Å². The molecule has 9 heteroatoms. The maximum absolute atomic E-state index is 12.9. The minimum atomic E-state index is -5.19. The summed E-state index contributed by atoms with van der Waals surface area (Å²) in [7, 11) is 1.04.